The minimum atomic E-state index is -2.45. The lowest BCUT2D eigenvalue weighted by molar-refractivity contribution is -0.343. The van der Waals surface area contributed by atoms with Crippen molar-refractivity contribution in [1.82, 2.24) is 0 Å². The van der Waals surface area contributed by atoms with Crippen molar-refractivity contribution in [3.63, 3.8) is 0 Å². The van der Waals surface area contributed by atoms with Gasteiger partial charge in [0, 0.05) is 18.3 Å². The monoisotopic (exact) mass is 948 g/mol. The molecule has 2 aliphatic rings. The van der Waals surface area contributed by atoms with E-state index in [0.717, 1.165) is 18.2 Å². The molecule has 3 aromatic rings. The Morgan fingerprint density at radius 1 is 0.719 bits per heavy atom. The van der Waals surface area contributed by atoms with Crippen molar-refractivity contribution in [3.8, 4) is 0 Å². The van der Waals surface area contributed by atoms with E-state index in [-0.39, 0.29) is 32.0 Å². The van der Waals surface area contributed by atoms with Crippen LogP contribution in [-0.4, -0.2) is 108 Å². The first-order valence-corrected chi connectivity index (χ1v) is 21.0. The summed E-state index contributed by atoms with van der Waals surface area (Å²) in [5.74, 6) is -3.95. The van der Waals surface area contributed by atoms with Gasteiger partial charge in [0.15, 0.2) is 18.5 Å². The minimum absolute atomic E-state index is 0.0201. The topological polar surface area (TPSA) is 233 Å². The average molecular weight is 950 g/mol. The second-order valence-electron chi connectivity index (χ2n) is 14.5. The fourth-order valence-corrected chi connectivity index (χ4v) is 6.85. The molecule has 64 heavy (non-hydrogen) atoms. The Bertz CT molecular complexity index is 2060. The minimum Gasteiger partial charge on any atom is -0.467 e. The molecule has 0 spiro atoms. The van der Waals surface area contributed by atoms with Crippen LogP contribution in [0, 0.1) is 5.41 Å². The van der Waals surface area contributed by atoms with Crippen LogP contribution in [0.5, 0.6) is 0 Å². The van der Waals surface area contributed by atoms with E-state index in [9.17, 15) is 24.7 Å². The number of alkyl halides is 3. The summed E-state index contributed by atoms with van der Waals surface area (Å²) in [6, 6.07) is 25.6. The number of hydrogen-bond donors (Lipinski definition) is 1. The number of azide groups is 1. The van der Waals surface area contributed by atoms with Crippen molar-refractivity contribution in [1.29, 1.82) is 5.41 Å². The predicted molar refractivity (Wildman–Crippen MR) is 228 cm³/mol. The molecule has 2 aliphatic heterocycles. The number of methoxy groups -OCH3 is 1. The highest BCUT2D eigenvalue weighted by Crippen LogP contribution is 2.38. The number of ether oxygens (including phenoxy) is 10. The Morgan fingerprint density at radius 2 is 1.25 bits per heavy atom. The summed E-state index contributed by atoms with van der Waals surface area (Å²) in [5.41, 5.74) is 12.2. The Morgan fingerprint density at radius 3 is 1.73 bits per heavy atom. The number of rotatable bonds is 20. The second kappa shape index (κ2) is 24.4. The number of Topliss-reactive ketones (excluding diaryl/α,β-unsaturated/α-hetero) is 1. The van der Waals surface area contributed by atoms with Gasteiger partial charge in [0.2, 0.25) is 12.2 Å². The molecule has 10 atom stereocenters. The van der Waals surface area contributed by atoms with Crippen molar-refractivity contribution in [2.45, 2.75) is 112 Å². The van der Waals surface area contributed by atoms with Gasteiger partial charge in [0.1, 0.15) is 49.0 Å². The van der Waals surface area contributed by atoms with Crippen LogP contribution in [0.15, 0.2) is 96.1 Å². The van der Waals surface area contributed by atoms with Gasteiger partial charge in [0.25, 0.3) is 3.79 Å². The van der Waals surface area contributed by atoms with Crippen molar-refractivity contribution in [3.05, 3.63) is 118 Å². The van der Waals surface area contributed by atoms with E-state index in [1.807, 2.05) is 60.7 Å². The Hall–Kier alpha value is -4.85. The lowest BCUT2D eigenvalue weighted by Crippen LogP contribution is -2.67. The third-order valence-electron chi connectivity index (χ3n) is 9.77. The Labute approximate surface area is 383 Å². The van der Waals surface area contributed by atoms with E-state index in [1.54, 1.807) is 30.3 Å². The van der Waals surface area contributed by atoms with Gasteiger partial charge in [-0.3, -0.25) is 15.0 Å². The van der Waals surface area contributed by atoms with E-state index in [1.165, 1.54) is 13.8 Å². The van der Waals surface area contributed by atoms with Gasteiger partial charge >= 0.3 is 17.9 Å². The average Bonchev–Trinajstić information content (AvgIpc) is 3.28. The van der Waals surface area contributed by atoms with Gasteiger partial charge < -0.3 is 52.2 Å². The molecule has 0 amide bonds. The molecule has 1 N–H and O–H groups in total. The summed E-state index contributed by atoms with van der Waals surface area (Å²) in [5, 5.41) is 12.4. The van der Waals surface area contributed by atoms with Gasteiger partial charge in [-0.05, 0) is 29.1 Å². The molecule has 18 nitrogen and oxygen atoms in total. The first kappa shape index (κ1) is 50.2. The third-order valence-corrected chi connectivity index (χ3v) is 10.3. The van der Waals surface area contributed by atoms with Crippen molar-refractivity contribution >= 4 is 64.4 Å². The highest BCUT2D eigenvalue weighted by Gasteiger charge is 2.57. The quantitative estimate of drug-likeness (QED) is 0.0183. The summed E-state index contributed by atoms with van der Waals surface area (Å²) < 4.78 is 58.2. The lowest BCUT2D eigenvalue weighted by atomic mass is 9.94. The number of halogens is 3. The van der Waals surface area contributed by atoms with Gasteiger partial charge in [0.05, 0.1) is 33.4 Å². The van der Waals surface area contributed by atoms with Gasteiger partial charge in [-0.2, -0.15) is 0 Å². The molecule has 344 valence electrons. The molecule has 2 fully saturated rings. The van der Waals surface area contributed by atoms with E-state index in [0.29, 0.717) is 5.56 Å². The van der Waals surface area contributed by atoms with Gasteiger partial charge in [-0.25, -0.2) is 4.79 Å². The number of benzene rings is 3. The zero-order valence-electron chi connectivity index (χ0n) is 34.9. The molecule has 5 rings (SSSR count). The summed E-state index contributed by atoms with van der Waals surface area (Å²) in [7, 11) is 1.06. The summed E-state index contributed by atoms with van der Waals surface area (Å²) in [4.78, 5) is 54.4. The number of hydrogen-bond acceptors (Lipinski definition) is 16. The zero-order valence-corrected chi connectivity index (χ0v) is 37.1. The van der Waals surface area contributed by atoms with Crippen molar-refractivity contribution < 1.29 is 66.5 Å². The maximum absolute atomic E-state index is 13.8. The molecule has 0 unspecified atom stereocenters. The second-order valence-corrected chi connectivity index (χ2v) is 16.8. The molecule has 3 aromatic carbocycles. The molecule has 21 heteroatoms. The molecule has 0 saturated carbocycles. The summed E-state index contributed by atoms with van der Waals surface area (Å²) >= 11 is 17.9. The number of nitrogens with zero attached hydrogens (tertiary/aromatic N) is 3. The van der Waals surface area contributed by atoms with Crippen LogP contribution in [0.3, 0.4) is 0 Å². The number of carbonyl (C=O) groups is 4. The standard InChI is InChI=1S/C43H47Cl3N4O14/c1-25(51)19-20-31(53)61-38-35(59-23-29-17-11-6-12-18-29)36(37(39(54)55-3)63-41(38)64-42(47)43(44,45)46)62-40-32(49-50-48)34(58-22-28-15-9-5-10-16-28)33(30(60-40)24-56-26(2)52)57-21-27-13-7-4-8-14-27/h4-18,30,32-38,40-41,47H,19-24H2,1-3H3/t30-,32-,33-,34-,35+,36+,37+,38-,40-,41-/m1/s1. The largest absolute Gasteiger partial charge is 0.467 e. The SMILES string of the molecule is COC(=O)[C@H]1O[C@H](OC(=N)C(Cl)(Cl)Cl)[C@H](OC(=O)CCC(C)=O)[C@@H](OCc2ccccc2)[C@@H]1O[C@H]1O[C@H](COC(C)=O)[C@@H](OCc2ccccc2)[C@H](OCc2ccccc2)[C@H]1N=[N+]=[N-]. The lowest BCUT2D eigenvalue weighted by Gasteiger charge is -2.48. The van der Waals surface area contributed by atoms with E-state index in [2.05, 4.69) is 10.0 Å². The predicted octanol–water partition coefficient (Wildman–Crippen LogP) is 6.64. The van der Waals surface area contributed by atoms with Crippen LogP contribution >= 0.6 is 34.8 Å². The van der Waals surface area contributed by atoms with Crippen LogP contribution in [0.2, 0.25) is 0 Å². The Kier molecular flexibility index (Phi) is 19.2. The number of nitrogens with one attached hydrogen (secondary N) is 1. The third kappa shape index (κ3) is 14.6. The van der Waals surface area contributed by atoms with Crippen LogP contribution in [-0.2, 0) is 86.4 Å². The first-order valence-electron chi connectivity index (χ1n) is 19.9. The molecule has 2 heterocycles. The highest BCUT2D eigenvalue weighted by atomic mass is 35.6. The summed E-state index contributed by atoms with van der Waals surface area (Å²) in [6.07, 6.45) is -14.5. The van der Waals surface area contributed by atoms with Gasteiger partial charge in [-0.1, -0.05) is 131 Å². The smallest absolute Gasteiger partial charge is 0.338 e. The molecule has 0 aromatic heterocycles. The molecule has 2 saturated heterocycles. The van der Waals surface area contributed by atoms with Crippen molar-refractivity contribution in [2.24, 2.45) is 5.11 Å². The van der Waals surface area contributed by atoms with E-state index < -0.39 is 102 Å². The van der Waals surface area contributed by atoms with E-state index >= 15 is 0 Å². The highest BCUT2D eigenvalue weighted by molar-refractivity contribution is 6.76. The Balaban J connectivity index is 1.62. The zero-order chi connectivity index (χ0) is 46.2. The van der Waals surface area contributed by atoms with Crippen LogP contribution in [0.4, 0.5) is 0 Å². The number of ketones is 1. The molecular formula is C43H47Cl3N4O14. The number of carbonyl (C=O) groups excluding carboxylic acids is 4. The molecular weight excluding hydrogens is 903 g/mol. The number of esters is 3. The van der Waals surface area contributed by atoms with Crippen LogP contribution < -0.4 is 0 Å². The maximum Gasteiger partial charge on any atom is 0.338 e. The van der Waals surface area contributed by atoms with E-state index in [4.69, 9.17) is 87.6 Å². The van der Waals surface area contributed by atoms with Crippen molar-refractivity contribution in [2.75, 3.05) is 13.7 Å². The molecule has 0 bridgehead atoms. The normalized spacial score (nSPS) is 25.5. The molecule has 0 radical (unpaired) electrons. The fourth-order valence-electron chi connectivity index (χ4n) is 6.71. The van der Waals surface area contributed by atoms with Crippen LogP contribution in [0.1, 0.15) is 43.4 Å². The first-order chi connectivity index (χ1) is 30.7. The fraction of sp³-hybridized carbons (Fsp3) is 0.465. The van der Waals surface area contributed by atoms with Crippen LogP contribution in [0.25, 0.3) is 10.4 Å². The summed E-state index contributed by atoms with van der Waals surface area (Å²) in [6.45, 7) is 1.90. The van der Waals surface area contributed by atoms with Gasteiger partial charge in [-0.15, -0.1) is 0 Å². The maximum atomic E-state index is 13.8. The molecule has 0 aliphatic carbocycles.